The van der Waals surface area contributed by atoms with E-state index in [1.165, 1.54) is 31.2 Å². The highest BCUT2D eigenvalue weighted by Gasteiger charge is 2.33. The summed E-state index contributed by atoms with van der Waals surface area (Å²) >= 11 is 0. The molecule has 13 nitrogen and oxygen atoms in total. The lowest BCUT2D eigenvalue weighted by Gasteiger charge is -2.27. The highest BCUT2D eigenvalue weighted by atomic mass is 16.4. The van der Waals surface area contributed by atoms with Crippen LogP contribution in [-0.4, -0.2) is 75.2 Å². The van der Waals surface area contributed by atoms with Gasteiger partial charge in [-0.2, -0.15) is 0 Å². The number of hydrogen-bond donors (Lipinski definition) is 8. The minimum Gasteiger partial charge on any atom is -0.508 e. The monoisotopic (exact) mass is 509 g/mol. The van der Waals surface area contributed by atoms with Crippen LogP contribution in [-0.2, 0) is 30.4 Å². The number of primary amides is 1. The predicted molar refractivity (Wildman–Crippen MR) is 128 cm³/mol. The third-order valence-electron chi connectivity index (χ3n) is 5.65. The number of hydrogen-bond acceptors (Lipinski definition) is 8. The fourth-order valence-electron chi connectivity index (χ4n) is 3.18. The Hall–Kier alpha value is -3.71. The van der Waals surface area contributed by atoms with Crippen molar-refractivity contribution in [2.75, 3.05) is 0 Å². The van der Waals surface area contributed by atoms with Gasteiger partial charge in [-0.3, -0.25) is 19.2 Å². The van der Waals surface area contributed by atoms with E-state index in [1.807, 2.05) is 6.92 Å². The molecule has 0 aliphatic rings. The van der Waals surface area contributed by atoms with E-state index < -0.39 is 66.3 Å². The number of benzene rings is 1. The number of rotatable bonds is 14. The summed E-state index contributed by atoms with van der Waals surface area (Å²) in [7, 11) is 0. The van der Waals surface area contributed by atoms with Crippen molar-refractivity contribution in [3.05, 3.63) is 29.8 Å². The third kappa shape index (κ3) is 9.50. The molecule has 1 aromatic rings. The molecule has 36 heavy (non-hydrogen) atoms. The average Bonchev–Trinajstić information content (AvgIpc) is 2.80. The van der Waals surface area contributed by atoms with Crippen LogP contribution in [0.3, 0.4) is 0 Å². The number of aromatic hydroxyl groups is 1. The van der Waals surface area contributed by atoms with Crippen LogP contribution in [0.25, 0.3) is 0 Å². The fourth-order valence-corrected chi connectivity index (χ4v) is 3.18. The van der Waals surface area contributed by atoms with Crippen LogP contribution in [0.1, 0.15) is 39.2 Å². The zero-order valence-electron chi connectivity index (χ0n) is 20.4. The van der Waals surface area contributed by atoms with E-state index in [0.29, 0.717) is 12.0 Å². The zero-order valence-corrected chi connectivity index (χ0v) is 20.4. The van der Waals surface area contributed by atoms with Crippen molar-refractivity contribution in [2.24, 2.45) is 17.4 Å². The van der Waals surface area contributed by atoms with Gasteiger partial charge in [0.05, 0.1) is 18.6 Å². The molecule has 0 fully saturated rings. The molecule has 0 aliphatic carbocycles. The van der Waals surface area contributed by atoms with Crippen molar-refractivity contribution >= 4 is 29.6 Å². The van der Waals surface area contributed by atoms with Gasteiger partial charge in [-0.25, -0.2) is 4.79 Å². The van der Waals surface area contributed by atoms with Crippen molar-refractivity contribution in [3.8, 4) is 5.75 Å². The van der Waals surface area contributed by atoms with E-state index in [1.54, 1.807) is 6.92 Å². The molecule has 6 atom stereocenters. The SMILES string of the molecule is CCC(C)C(N)C(=O)NC(Cc1ccc(O)cc1)C(=O)NC(C(=O)NC(CC(N)=O)C(=O)O)C(C)O. The second kappa shape index (κ2) is 14.0. The van der Waals surface area contributed by atoms with Crippen LogP contribution in [0.4, 0.5) is 0 Å². The number of amides is 4. The van der Waals surface area contributed by atoms with Crippen molar-refractivity contribution in [3.63, 3.8) is 0 Å². The molecule has 0 spiro atoms. The first-order valence-corrected chi connectivity index (χ1v) is 11.4. The van der Waals surface area contributed by atoms with E-state index >= 15 is 0 Å². The highest BCUT2D eigenvalue weighted by Crippen LogP contribution is 2.13. The normalized spacial score (nSPS) is 15.9. The maximum Gasteiger partial charge on any atom is 0.326 e. The molecule has 0 saturated heterocycles. The molecule has 200 valence electrons. The summed E-state index contributed by atoms with van der Waals surface area (Å²) in [6.07, 6.45) is -1.60. The topological polar surface area (TPSA) is 234 Å². The van der Waals surface area contributed by atoms with Crippen LogP contribution in [0.2, 0.25) is 0 Å². The van der Waals surface area contributed by atoms with Gasteiger partial charge in [0.15, 0.2) is 0 Å². The lowest BCUT2D eigenvalue weighted by Crippen LogP contribution is -2.60. The van der Waals surface area contributed by atoms with Gasteiger partial charge in [-0.1, -0.05) is 32.4 Å². The van der Waals surface area contributed by atoms with Crippen LogP contribution in [0, 0.1) is 5.92 Å². The summed E-state index contributed by atoms with van der Waals surface area (Å²) in [5.74, 6) is -5.22. The summed E-state index contributed by atoms with van der Waals surface area (Å²) in [4.78, 5) is 60.9. The van der Waals surface area contributed by atoms with Crippen molar-refractivity contribution in [1.29, 1.82) is 0 Å². The van der Waals surface area contributed by atoms with E-state index in [0.717, 1.165) is 0 Å². The minimum absolute atomic E-state index is 0.00244. The Kier molecular flexibility index (Phi) is 11.8. The van der Waals surface area contributed by atoms with Gasteiger partial charge in [0.1, 0.15) is 23.9 Å². The summed E-state index contributed by atoms with van der Waals surface area (Å²) < 4.78 is 0. The van der Waals surface area contributed by atoms with Gasteiger partial charge in [0.2, 0.25) is 23.6 Å². The number of carbonyl (C=O) groups is 5. The van der Waals surface area contributed by atoms with Crippen LogP contribution in [0.15, 0.2) is 24.3 Å². The zero-order chi connectivity index (χ0) is 27.6. The largest absolute Gasteiger partial charge is 0.508 e. The summed E-state index contributed by atoms with van der Waals surface area (Å²) in [5, 5.41) is 35.7. The highest BCUT2D eigenvalue weighted by molar-refractivity contribution is 5.95. The molecule has 1 aromatic carbocycles. The second-order valence-corrected chi connectivity index (χ2v) is 8.64. The Morgan fingerprint density at radius 2 is 1.47 bits per heavy atom. The molecule has 0 aromatic heterocycles. The summed E-state index contributed by atoms with van der Waals surface area (Å²) in [6.45, 7) is 4.83. The van der Waals surface area contributed by atoms with Gasteiger partial charge < -0.3 is 42.7 Å². The Bertz CT molecular complexity index is 937. The van der Waals surface area contributed by atoms with Crippen molar-refractivity contribution in [1.82, 2.24) is 16.0 Å². The summed E-state index contributed by atoms with van der Waals surface area (Å²) in [6, 6.07) is 0.441. The molecular formula is C23H35N5O8. The van der Waals surface area contributed by atoms with Gasteiger partial charge in [-0.05, 0) is 30.5 Å². The number of phenolic OH excluding ortho intramolecular Hbond substituents is 1. The maximum absolute atomic E-state index is 13.1. The number of carbonyl (C=O) groups excluding carboxylic acids is 4. The molecule has 13 heteroatoms. The quantitative estimate of drug-likeness (QED) is 0.140. The van der Waals surface area contributed by atoms with E-state index in [2.05, 4.69) is 16.0 Å². The first-order chi connectivity index (χ1) is 16.8. The van der Waals surface area contributed by atoms with Gasteiger partial charge in [-0.15, -0.1) is 0 Å². The lowest BCUT2D eigenvalue weighted by molar-refractivity contribution is -0.144. The molecule has 0 aliphatic heterocycles. The van der Waals surface area contributed by atoms with E-state index in [4.69, 9.17) is 11.5 Å². The molecule has 0 bridgehead atoms. The Morgan fingerprint density at radius 1 is 0.917 bits per heavy atom. The number of aliphatic carboxylic acids is 1. The van der Waals surface area contributed by atoms with Crippen LogP contribution >= 0.6 is 0 Å². The number of aliphatic hydroxyl groups is 1. The fraction of sp³-hybridized carbons (Fsp3) is 0.522. The predicted octanol–water partition coefficient (Wildman–Crippen LogP) is -1.90. The molecule has 10 N–H and O–H groups in total. The standard InChI is InChI=1S/C23H35N5O8/c1-4-11(2)18(25)21(33)26-15(9-13-5-7-14(30)8-6-13)20(32)28-19(12(3)29)22(34)27-16(23(35)36)10-17(24)31/h5-8,11-12,15-16,18-19,29-30H,4,9-10,25H2,1-3H3,(H2,24,31)(H,26,33)(H,27,34)(H,28,32)(H,35,36). The first kappa shape index (κ1) is 30.3. The summed E-state index contributed by atoms with van der Waals surface area (Å²) in [5.41, 5.74) is 11.6. The first-order valence-electron chi connectivity index (χ1n) is 11.4. The van der Waals surface area contributed by atoms with Gasteiger partial charge in [0.25, 0.3) is 0 Å². The number of phenols is 1. The third-order valence-corrected chi connectivity index (χ3v) is 5.65. The van der Waals surface area contributed by atoms with E-state index in [9.17, 15) is 39.3 Å². The number of carboxylic acid groups (broad SMARTS) is 1. The number of nitrogens with two attached hydrogens (primary N) is 2. The Morgan fingerprint density at radius 3 is 1.94 bits per heavy atom. The molecule has 1 rings (SSSR count). The lowest BCUT2D eigenvalue weighted by atomic mass is 9.98. The van der Waals surface area contributed by atoms with Gasteiger partial charge in [0, 0.05) is 6.42 Å². The Labute approximate surface area is 208 Å². The number of nitrogens with one attached hydrogen (secondary N) is 3. The van der Waals surface area contributed by atoms with E-state index in [-0.39, 0.29) is 18.1 Å². The minimum atomic E-state index is -1.67. The van der Waals surface area contributed by atoms with Crippen molar-refractivity contribution in [2.45, 2.75) is 70.3 Å². The van der Waals surface area contributed by atoms with Crippen LogP contribution in [0.5, 0.6) is 5.75 Å². The molecule has 0 saturated carbocycles. The van der Waals surface area contributed by atoms with Crippen molar-refractivity contribution < 1.29 is 39.3 Å². The smallest absolute Gasteiger partial charge is 0.326 e. The number of carboxylic acids is 1. The van der Waals surface area contributed by atoms with Gasteiger partial charge >= 0.3 is 5.97 Å². The number of aliphatic hydroxyl groups excluding tert-OH is 1. The molecular weight excluding hydrogens is 474 g/mol. The molecule has 6 unspecified atom stereocenters. The maximum atomic E-state index is 13.1. The van der Waals surface area contributed by atoms with Crippen LogP contribution < -0.4 is 27.4 Å². The Balaban J connectivity index is 3.13. The molecule has 0 radical (unpaired) electrons. The molecule has 0 heterocycles. The average molecular weight is 510 g/mol. The molecule has 4 amide bonds. The second-order valence-electron chi connectivity index (χ2n) is 8.64.